The summed E-state index contributed by atoms with van der Waals surface area (Å²) in [5, 5.41) is 10.6. The summed E-state index contributed by atoms with van der Waals surface area (Å²) in [4.78, 5) is 26.6. The third-order valence-electron chi connectivity index (χ3n) is 6.26. The van der Waals surface area contributed by atoms with E-state index < -0.39 is 46.4 Å². The van der Waals surface area contributed by atoms with E-state index in [0.717, 1.165) is 18.1 Å². The first-order valence-corrected chi connectivity index (χ1v) is 11.3. The number of halogens is 4. The summed E-state index contributed by atoms with van der Waals surface area (Å²) in [7, 11) is 1.13. The Labute approximate surface area is 207 Å². The molecular weight excluding hydrogens is 485 g/mol. The molecule has 1 saturated heterocycles. The van der Waals surface area contributed by atoms with E-state index in [1.165, 1.54) is 30.3 Å². The van der Waals surface area contributed by atoms with Crippen molar-refractivity contribution in [3.05, 3.63) is 69.2 Å². The number of hydrogen-bond donors (Lipinski definition) is 0. The summed E-state index contributed by atoms with van der Waals surface area (Å²) in [6.07, 6.45) is 0.633. The Kier molecular flexibility index (Phi) is 7.26. The molecule has 1 fully saturated rings. The van der Waals surface area contributed by atoms with Crippen molar-refractivity contribution in [2.24, 2.45) is 5.41 Å². The molecule has 1 aliphatic heterocycles. The number of likely N-dealkylation sites (tertiary alicyclic amines) is 1. The number of carbonyl (C=O) groups is 2. The average Bonchev–Trinajstić information content (AvgIpc) is 3.03. The van der Waals surface area contributed by atoms with Crippen LogP contribution in [0.25, 0.3) is 0 Å². The molecule has 5 nitrogen and oxygen atoms in total. The Bertz CT molecular complexity index is 1160. The second-order valence-corrected chi connectivity index (χ2v) is 10.4. The molecule has 1 aliphatic rings. The summed E-state index contributed by atoms with van der Waals surface area (Å²) in [6, 6.07) is 7.76. The minimum atomic E-state index is -1.87. The summed E-state index contributed by atoms with van der Waals surface area (Å²) >= 11 is 12.0. The van der Waals surface area contributed by atoms with Gasteiger partial charge in [0.05, 0.1) is 24.2 Å². The molecule has 1 heterocycles. The van der Waals surface area contributed by atoms with Crippen molar-refractivity contribution in [3.8, 4) is 6.07 Å². The third-order valence-corrected chi connectivity index (χ3v) is 6.79. The molecule has 180 valence electrons. The van der Waals surface area contributed by atoms with E-state index in [1.807, 2.05) is 20.8 Å². The first kappa shape index (κ1) is 25.9. The summed E-state index contributed by atoms with van der Waals surface area (Å²) in [6.45, 7) is 5.66. The van der Waals surface area contributed by atoms with Crippen LogP contribution in [0.2, 0.25) is 10.0 Å². The zero-order chi connectivity index (χ0) is 25.4. The van der Waals surface area contributed by atoms with Crippen LogP contribution >= 0.6 is 23.2 Å². The maximum Gasteiger partial charge on any atom is 0.329 e. The Morgan fingerprint density at radius 1 is 1.26 bits per heavy atom. The lowest BCUT2D eigenvalue weighted by Crippen LogP contribution is -2.46. The highest BCUT2D eigenvalue weighted by Gasteiger charge is 2.65. The predicted octanol–water partition coefficient (Wildman–Crippen LogP) is 5.64. The quantitative estimate of drug-likeness (QED) is 0.387. The van der Waals surface area contributed by atoms with Gasteiger partial charge in [0.2, 0.25) is 6.41 Å². The topological polar surface area (TPSA) is 70.4 Å². The monoisotopic (exact) mass is 508 g/mol. The van der Waals surface area contributed by atoms with Gasteiger partial charge in [-0.25, -0.2) is 13.6 Å². The fourth-order valence-corrected chi connectivity index (χ4v) is 5.31. The van der Waals surface area contributed by atoms with E-state index in [0.29, 0.717) is 6.41 Å². The second-order valence-electron chi connectivity index (χ2n) is 9.53. The highest BCUT2D eigenvalue weighted by atomic mass is 35.5. The number of amides is 1. The number of rotatable bonds is 5. The SMILES string of the molecule is COC(=O)[C@H]1[C@H](c2cccc(Cl)c2F)[C@@](C#N)(c2ccc(Cl)cc2F)[C@H](CC(C)(C)C)N1C=O. The van der Waals surface area contributed by atoms with Gasteiger partial charge in [0.1, 0.15) is 23.1 Å². The van der Waals surface area contributed by atoms with Crippen molar-refractivity contribution >= 4 is 35.6 Å². The van der Waals surface area contributed by atoms with E-state index in [4.69, 9.17) is 27.9 Å². The molecule has 0 aliphatic carbocycles. The molecule has 0 N–H and O–H groups in total. The number of nitriles is 1. The van der Waals surface area contributed by atoms with Crippen molar-refractivity contribution in [3.63, 3.8) is 0 Å². The van der Waals surface area contributed by atoms with Gasteiger partial charge in [0.15, 0.2) is 0 Å². The van der Waals surface area contributed by atoms with Crippen molar-refractivity contribution in [2.45, 2.75) is 50.6 Å². The standard InChI is InChI=1S/C25H24Cl2F2N2O3/c1-24(2,3)11-19-25(12-30,16-9-8-14(26)10-18(16)28)20(15-6-5-7-17(27)21(15)29)22(23(33)34-4)31(19)13-32/h5-10,13,19-20,22H,11H2,1-4H3/t19-,20-,22+,25-/m0/s1. The van der Waals surface area contributed by atoms with Gasteiger partial charge in [-0.05, 0) is 35.6 Å². The van der Waals surface area contributed by atoms with Crippen molar-refractivity contribution in [2.75, 3.05) is 7.11 Å². The highest BCUT2D eigenvalue weighted by molar-refractivity contribution is 6.31. The first-order chi connectivity index (χ1) is 15.9. The maximum atomic E-state index is 15.5. The lowest BCUT2D eigenvalue weighted by atomic mass is 9.62. The van der Waals surface area contributed by atoms with E-state index in [1.54, 1.807) is 0 Å². The Morgan fingerprint density at radius 2 is 1.94 bits per heavy atom. The van der Waals surface area contributed by atoms with E-state index in [9.17, 15) is 14.9 Å². The number of esters is 1. The minimum absolute atomic E-state index is 0.0953. The zero-order valence-electron chi connectivity index (χ0n) is 19.1. The van der Waals surface area contributed by atoms with E-state index in [-0.39, 0.29) is 27.6 Å². The number of benzene rings is 2. The van der Waals surface area contributed by atoms with Crippen LogP contribution in [0.4, 0.5) is 8.78 Å². The van der Waals surface area contributed by atoms with Crippen LogP contribution in [0.3, 0.4) is 0 Å². The van der Waals surface area contributed by atoms with Gasteiger partial charge in [-0.3, -0.25) is 4.79 Å². The van der Waals surface area contributed by atoms with Gasteiger partial charge in [-0.2, -0.15) is 5.26 Å². The smallest absolute Gasteiger partial charge is 0.329 e. The molecule has 3 rings (SSSR count). The number of hydrogen-bond acceptors (Lipinski definition) is 4. The third kappa shape index (κ3) is 4.25. The van der Waals surface area contributed by atoms with E-state index in [2.05, 4.69) is 6.07 Å². The van der Waals surface area contributed by atoms with Crippen LogP contribution < -0.4 is 0 Å². The lowest BCUT2D eigenvalue weighted by Gasteiger charge is -2.38. The van der Waals surface area contributed by atoms with Crippen LogP contribution in [0.1, 0.15) is 44.2 Å². The normalized spacial score (nSPS) is 24.6. The summed E-state index contributed by atoms with van der Waals surface area (Å²) in [5.41, 5.74) is -2.52. The van der Waals surface area contributed by atoms with Crippen molar-refractivity contribution in [1.82, 2.24) is 4.90 Å². The van der Waals surface area contributed by atoms with Gasteiger partial charge >= 0.3 is 5.97 Å². The Balaban J connectivity index is 2.49. The molecule has 0 aromatic heterocycles. The fraction of sp³-hybridized carbons (Fsp3) is 0.400. The number of ether oxygens (including phenoxy) is 1. The molecule has 0 radical (unpaired) electrons. The van der Waals surface area contributed by atoms with Crippen LogP contribution in [0.5, 0.6) is 0 Å². The first-order valence-electron chi connectivity index (χ1n) is 10.5. The summed E-state index contributed by atoms with van der Waals surface area (Å²) in [5.74, 6) is -3.85. The molecule has 9 heteroatoms. The molecule has 34 heavy (non-hydrogen) atoms. The van der Waals surface area contributed by atoms with Gasteiger partial charge < -0.3 is 9.64 Å². The molecule has 4 atom stereocenters. The lowest BCUT2D eigenvalue weighted by molar-refractivity contribution is -0.149. The highest BCUT2D eigenvalue weighted by Crippen LogP contribution is 2.56. The zero-order valence-corrected chi connectivity index (χ0v) is 20.6. The molecule has 0 unspecified atom stereocenters. The largest absolute Gasteiger partial charge is 0.467 e. The molecule has 0 bridgehead atoms. The average molecular weight is 509 g/mol. The number of nitrogens with zero attached hydrogens (tertiary/aromatic N) is 2. The maximum absolute atomic E-state index is 15.5. The predicted molar refractivity (Wildman–Crippen MR) is 124 cm³/mol. The molecule has 0 spiro atoms. The van der Waals surface area contributed by atoms with Gasteiger partial charge in [0.25, 0.3) is 0 Å². The van der Waals surface area contributed by atoms with Crippen molar-refractivity contribution < 1.29 is 23.1 Å². The summed E-state index contributed by atoms with van der Waals surface area (Å²) < 4.78 is 35.9. The minimum Gasteiger partial charge on any atom is -0.467 e. The number of carbonyl (C=O) groups excluding carboxylic acids is 2. The molecule has 2 aromatic rings. The van der Waals surface area contributed by atoms with Gasteiger partial charge in [0, 0.05) is 16.5 Å². The van der Waals surface area contributed by atoms with Crippen LogP contribution in [0.15, 0.2) is 36.4 Å². The Morgan fingerprint density at radius 3 is 2.47 bits per heavy atom. The second kappa shape index (κ2) is 9.52. The van der Waals surface area contributed by atoms with Crippen LogP contribution in [-0.2, 0) is 19.7 Å². The van der Waals surface area contributed by atoms with Gasteiger partial charge in [-0.15, -0.1) is 0 Å². The molecule has 2 aromatic carbocycles. The van der Waals surface area contributed by atoms with Crippen LogP contribution in [0, 0.1) is 28.4 Å². The van der Waals surface area contributed by atoms with E-state index >= 15 is 8.78 Å². The molecular formula is C25H24Cl2F2N2O3. The van der Waals surface area contributed by atoms with Crippen molar-refractivity contribution in [1.29, 1.82) is 5.26 Å². The fourth-order valence-electron chi connectivity index (χ4n) is 4.97. The molecule has 1 amide bonds. The number of methoxy groups -OCH3 is 1. The van der Waals surface area contributed by atoms with Crippen LogP contribution in [-0.4, -0.2) is 36.5 Å². The van der Waals surface area contributed by atoms with Gasteiger partial charge in [-0.1, -0.05) is 62.2 Å². The Hall–Kier alpha value is -2.69. The molecule has 0 saturated carbocycles.